The van der Waals surface area contributed by atoms with E-state index in [1.165, 1.54) is 0 Å². The van der Waals surface area contributed by atoms with Crippen molar-refractivity contribution >= 4 is 17.7 Å². The van der Waals surface area contributed by atoms with Crippen molar-refractivity contribution in [2.45, 2.75) is 25.4 Å². The van der Waals surface area contributed by atoms with Crippen molar-refractivity contribution in [3.05, 3.63) is 0 Å². The number of hydrogen-bond acceptors (Lipinski definition) is 4. The average molecular weight is 232 g/mol. The Labute approximate surface area is 95.3 Å². The SMILES string of the molecule is CCC(CSC)NC(=O)C1COCC1N. The van der Waals surface area contributed by atoms with Crippen molar-refractivity contribution in [2.75, 3.05) is 25.2 Å². The standard InChI is InChI=1S/C10H20N2O2S/c1-3-7(6-15-2)12-10(13)8-4-14-5-9(8)11/h7-9H,3-6,11H2,1-2H3,(H,12,13). The first kappa shape index (κ1) is 12.8. The Hall–Kier alpha value is -0.260. The fraction of sp³-hybridized carbons (Fsp3) is 0.900. The molecule has 1 amide bonds. The molecule has 88 valence electrons. The average Bonchev–Trinajstić information content (AvgIpc) is 2.63. The maximum absolute atomic E-state index is 11.8. The van der Waals surface area contributed by atoms with Gasteiger partial charge in [0.15, 0.2) is 0 Å². The first-order valence-corrected chi connectivity index (χ1v) is 6.71. The number of hydrogen-bond donors (Lipinski definition) is 2. The number of nitrogens with one attached hydrogen (secondary N) is 1. The summed E-state index contributed by atoms with van der Waals surface area (Å²) in [5, 5.41) is 3.02. The fourth-order valence-corrected chi connectivity index (χ4v) is 2.33. The highest BCUT2D eigenvalue weighted by atomic mass is 32.2. The third-order valence-electron chi connectivity index (χ3n) is 2.67. The first-order chi connectivity index (χ1) is 7.19. The fourth-order valence-electron chi connectivity index (χ4n) is 1.61. The smallest absolute Gasteiger partial charge is 0.227 e. The molecule has 1 fully saturated rings. The molecule has 1 rings (SSSR count). The lowest BCUT2D eigenvalue weighted by atomic mass is 10.0. The minimum absolute atomic E-state index is 0.0425. The molecule has 0 bridgehead atoms. The Morgan fingerprint density at radius 2 is 2.40 bits per heavy atom. The number of ether oxygens (including phenoxy) is 1. The van der Waals surface area contributed by atoms with Crippen LogP contribution in [-0.4, -0.2) is 43.2 Å². The third kappa shape index (κ3) is 3.66. The Kier molecular flexibility index (Phi) is 5.42. The Morgan fingerprint density at radius 3 is 2.87 bits per heavy atom. The summed E-state index contributed by atoms with van der Waals surface area (Å²) in [5.41, 5.74) is 5.78. The van der Waals surface area contributed by atoms with Crippen molar-refractivity contribution in [3.63, 3.8) is 0 Å². The summed E-state index contributed by atoms with van der Waals surface area (Å²) in [6.45, 7) is 3.03. The van der Waals surface area contributed by atoms with Crippen LogP contribution < -0.4 is 11.1 Å². The van der Waals surface area contributed by atoms with E-state index in [2.05, 4.69) is 12.2 Å². The van der Waals surface area contributed by atoms with Crippen LogP contribution in [0.3, 0.4) is 0 Å². The summed E-state index contributed by atoms with van der Waals surface area (Å²) >= 11 is 1.74. The van der Waals surface area contributed by atoms with Gasteiger partial charge in [0.25, 0.3) is 0 Å². The van der Waals surface area contributed by atoms with Gasteiger partial charge in [0, 0.05) is 17.8 Å². The molecule has 0 radical (unpaired) electrons. The predicted molar refractivity (Wildman–Crippen MR) is 62.9 cm³/mol. The zero-order valence-corrected chi connectivity index (χ0v) is 10.2. The van der Waals surface area contributed by atoms with Gasteiger partial charge in [0.2, 0.25) is 5.91 Å². The normalized spacial score (nSPS) is 27.7. The molecule has 0 spiro atoms. The lowest BCUT2D eigenvalue weighted by Crippen LogP contribution is -2.45. The molecule has 15 heavy (non-hydrogen) atoms. The van der Waals surface area contributed by atoms with Crippen molar-refractivity contribution in [1.82, 2.24) is 5.32 Å². The van der Waals surface area contributed by atoms with Crippen molar-refractivity contribution < 1.29 is 9.53 Å². The van der Waals surface area contributed by atoms with Crippen LogP contribution in [0.4, 0.5) is 0 Å². The van der Waals surface area contributed by atoms with E-state index in [0.29, 0.717) is 13.2 Å². The van der Waals surface area contributed by atoms with Gasteiger partial charge < -0.3 is 15.8 Å². The largest absolute Gasteiger partial charge is 0.379 e. The second-order valence-electron chi connectivity index (χ2n) is 3.88. The van der Waals surface area contributed by atoms with Gasteiger partial charge in [-0.25, -0.2) is 0 Å². The molecule has 1 saturated heterocycles. The van der Waals surface area contributed by atoms with E-state index in [1.807, 2.05) is 6.26 Å². The van der Waals surface area contributed by atoms with Crippen molar-refractivity contribution in [3.8, 4) is 0 Å². The van der Waals surface area contributed by atoms with E-state index >= 15 is 0 Å². The van der Waals surface area contributed by atoms with Crippen LogP contribution in [0.15, 0.2) is 0 Å². The van der Waals surface area contributed by atoms with E-state index < -0.39 is 0 Å². The molecule has 1 aliphatic rings. The zero-order valence-electron chi connectivity index (χ0n) is 9.36. The van der Waals surface area contributed by atoms with Crippen LogP contribution in [0.25, 0.3) is 0 Å². The lowest BCUT2D eigenvalue weighted by molar-refractivity contribution is -0.125. The molecule has 3 unspecified atom stereocenters. The van der Waals surface area contributed by atoms with Gasteiger partial charge in [0.05, 0.1) is 19.1 Å². The topological polar surface area (TPSA) is 64.3 Å². The Morgan fingerprint density at radius 1 is 1.67 bits per heavy atom. The molecule has 0 saturated carbocycles. The van der Waals surface area contributed by atoms with Crippen LogP contribution in [0.2, 0.25) is 0 Å². The lowest BCUT2D eigenvalue weighted by Gasteiger charge is -2.19. The summed E-state index contributed by atoms with van der Waals surface area (Å²) in [6, 6.07) is 0.108. The molecule has 1 heterocycles. The molecule has 5 heteroatoms. The molecule has 0 aromatic carbocycles. The van der Waals surface area contributed by atoms with Crippen LogP contribution in [0, 0.1) is 5.92 Å². The maximum atomic E-state index is 11.8. The predicted octanol–water partition coefficient (Wildman–Crippen LogP) is 0.218. The highest BCUT2D eigenvalue weighted by molar-refractivity contribution is 7.98. The number of thioether (sulfide) groups is 1. The number of rotatable bonds is 5. The first-order valence-electron chi connectivity index (χ1n) is 5.31. The summed E-state index contributed by atoms with van der Waals surface area (Å²) in [5.74, 6) is 0.826. The molecule has 1 aliphatic heterocycles. The zero-order chi connectivity index (χ0) is 11.3. The van der Waals surface area contributed by atoms with Crippen LogP contribution in [0.1, 0.15) is 13.3 Å². The number of nitrogens with two attached hydrogens (primary N) is 1. The quantitative estimate of drug-likeness (QED) is 0.711. The van der Waals surface area contributed by atoms with Gasteiger partial charge in [-0.05, 0) is 12.7 Å². The Bertz CT molecular complexity index is 214. The van der Waals surface area contributed by atoms with E-state index in [0.717, 1.165) is 12.2 Å². The van der Waals surface area contributed by atoms with Gasteiger partial charge in [-0.3, -0.25) is 4.79 Å². The second kappa shape index (κ2) is 6.35. The number of carbonyl (C=O) groups is 1. The maximum Gasteiger partial charge on any atom is 0.227 e. The van der Waals surface area contributed by atoms with Crippen LogP contribution in [0.5, 0.6) is 0 Å². The molecule has 3 N–H and O–H groups in total. The van der Waals surface area contributed by atoms with Gasteiger partial charge in [-0.15, -0.1) is 0 Å². The third-order valence-corrected chi connectivity index (χ3v) is 3.40. The minimum atomic E-state index is -0.166. The van der Waals surface area contributed by atoms with Gasteiger partial charge in [-0.2, -0.15) is 11.8 Å². The second-order valence-corrected chi connectivity index (χ2v) is 4.79. The molecule has 0 aliphatic carbocycles. The molecule has 3 atom stereocenters. The summed E-state index contributed by atoms with van der Waals surface area (Å²) in [4.78, 5) is 11.8. The molecule has 0 aromatic rings. The van der Waals surface area contributed by atoms with E-state index in [9.17, 15) is 4.79 Å². The van der Waals surface area contributed by atoms with Gasteiger partial charge in [0.1, 0.15) is 0 Å². The van der Waals surface area contributed by atoms with E-state index in [-0.39, 0.29) is 23.9 Å². The summed E-state index contributed by atoms with van der Waals surface area (Å²) in [6.07, 6.45) is 2.99. The highest BCUT2D eigenvalue weighted by Crippen LogP contribution is 2.12. The van der Waals surface area contributed by atoms with Crippen LogP contribution in [-0.2, 0) is 9.53 Å². The van der Waals surface area contributed by atoms with E-state index in [4.69, 9.17) is 10.5 Å². The highest BCUT2D eigenvalue weighted by Gasteiger charge is 2.31. The number of amides is 1. The monoisotopic (exact) mass is 232 g/mol. The Balaban J connectivity index is 2.39. The minimum Gasteiger partial charge on any atom is -0.379 e. The molecular formula is C10H20N2O2S. The van der Waals surface area contributed by atoms with Crippen molar-refractivity contribution in [2.24, 2.45) is 11.7 Å². The number of carbonyl (C=O) groups excluding carboxylic acids is 1. The van der Waals surface area contributed by atoms with Gasteiger partial charge in [-0.1, -0.05) is 6.92 Å². The van der Waals surface area contributed by atoms with Crippen molar-refractivity contribution in [1.29, 1.82) is 0 Å². The van der Waals surface area contributed by atoms with Crippen LogP contribution >= 0.6 is 11.8 Å². The van der Waals surface area contributed by atoms with E-state index in [1.54, 1.807) is 11.8 Å². The summed E-state index contributed by atoms with van der Waals surface area (Å²) < 4.78 is 5.17. The molecule has 4 nitrogen and oxygen atoms in total. The molecule has 0 aromatic heterocycles. The molecular weight excluding hydrogens is 212 g/mol. The van der Waals surface area contributed by atoms with Gasteiger partial charge >= 0.3 is 0 Å². The summed E-state index contributed by atoms with van der Waals surface area (Å²) in [7, 11) is 0.